The van der Waals surface area contributed by atoms with Crippen LogP contribution in [0.25, 0.3) is 0 Å². The zero-order valence-electron chi connectivity index (χ0n) is 7.79. The number of nitrogens with zero attached hydrogens (tertiary/aromatic N) is 1. The average Bonchev–Trinajstić information content (AvgIpc) is 2.90. The van der Waals surface area contributed by atoms with Crippen LogP contribution in [0.2, 0.25) is 0 Å². The van der Waals surface area contributed by atoms with Gasteiger partial charge in [-0.15, -0.1) is 0 Å². The van der Waals surface area contributed by atoms with E-state index in [0.717, 1.165) is 23.8 Å². The van der Waals surface area contributed by atoms with Crippen LogP contribution in [0.3, 0.4) is 0 Å². The zero-order valence-corrected chi connectivity index (χ0v) is 7.79. The Morgan fingerprint density at radius 1 is 1.25 bits per heavy atom. The molecular weight excluding hydrogens is 148 g/mol. The molecule has 68 valence electrons. The molecule has 1 N–H and O–H groups in total. The number of likely N-dealkylation sites (tertiary alicyclic amines) is 1. The van der Waals surface area contributed by atoms with E-state index < -0.39 is 0 Å². The van der Waals surface area contributed by atoms with Gasteiger partial charge in [-0.1, -0.05) is 0 Å². The van der Waals surface area contributed by atoms with Gasteiger partial charge in [0.05, 0.1) is 0 Å². The van der Waals surface area contributed by atoms with Crippen molar-refractivity contribution in [3.8, 4) is 0 Å². The molecule has 0 bridgehead atoms. The van der Waals surface area contributed by atoms with Crippen molar-refractivity contribution in [2.45, 2.75) is 18.9 Å². The first-order valence-corrected chi connectivity index (χ1v) is 5.26. The Hall–Kier alpha value is -0.0800. The van der Waals surface area contributed by atoms with Crippen molar-refractivity contribution in [2.24, 2.45) is 17.8 Å². The fourth-order valence-electron chi connectivity index (χ4n) is 2.66. The Morgan fingerprint density at radius 3 is 2.50 bits per heavy atom. The fraction of sp³-hybridized carbons (Fsp3) is 1.00. The molecule has 2 aliphatic carbocycles. The van der Waals surface area contributed by atoms with Crippen LogP contribution in [-0.2, 0) is 0 Å². The highest BCUT2D eigenvalue weighted by molar-refractivity contribution is 5.09. The summed E-state index contributed by atoms with van der Waals surface area (Å²) >= 11 is 0. The summed E-state index contributed by atoms with van der Waals surface area (Å²) < 4.78 is 0. The van der Waals surface area contributed by atoms with Crippen LogP contribution < -0.4 is 5.32 Å². The van der Waals surface area contributed by atoms with Gasteiger partial charge in [0.2, 0.25) is 0 Å². The molecule has 1 aliphatic heterocycles. The normalized spacial score (nSPS) is 46.2. The van der Waals surface area contributed by atoms with E-state index in [1.807, 2.05) is 0 Å². The van der Waals surface area contributed by atoms with Crippen LogP contribution in [0.1, 0.15) is 12.8 Å². The molecule has 3 rings (SSSR count). The number of hydrogen-bond donors (Lipinski definition) is 1. The van der Waals surface area contributed by atoms with Crippen LogP contribution in [0, 0.1) is 17.8 Å². The third-order valence-electron chi connectivity index (χ3n) is 3.72. The predicted molar refractivity (Wildman–Crippen MR) is 49.0 cm³/mol. The first kappa shape index (κ1) is 7.34. The lowest BCUT2D eigenvalue weighted by Gasteiger charge is -2.13. The first-order valence-electron chi connectivity index (χ1n) is 5.26. The van der Waals surface area contributed by atoms with Crippen molar-refractivity contribution in [1.29, 1.82) is 0 Å². The third kappa shape index (κ3) is 1.17. The summed E-state index contributed by atoms with van der Waals surface area (Å²) in [6.07, 6.45) is 2.96. The molecular formula is C10H18N2. The lowest BCUT2D eigenvalue weighted by molar-refractivity contribution is 0.348. The van der Waals surface area contributed by atoms with Gasteiger partial charge in [-0.3, -0.25) is 0 Å². The smallest absolute Gasteiger partial charge is 0.0156 e. The predicted octanol–water partition coefficient (Wildman–Crippen LogP) is 0.546. The van der Waals surface area contributed by atoms with E-state index in [1.165, 1.54) is 32.5 Å². The molecule has 0 amide bonds. The zero-order chi connectivity index (χ0) is 8.13. The molecule has 1 heterocycles. The minimum absolute atomic E-state index is 0.904. The molecule has 0 aromatic carbocycles. The summed E-state index contributed by atoms with van der Waals surface area (Å²) in [5.74, 6) is 3.06. The summed E-state index contributed by atoms with van der Waals surface area (Å²) in [4.78, 5) is 2.46. The van der Waals surface area contributed by atoms with Gasteiger partial charge in [-0.25, -0.2) is 0 Å². The molecule has 2 unspecified atom stereocenters. The van der Waals surface area contributed by atoms with Crippen molar-refractivity contribution in [2.75, 3.05) is 26.7 Å². The Balaban J connectivity index is 1.44. The Morgan fingerprint density at radius 2 is 1.92 bits per heavy atom. The average molecular weight is 166 g/mol. The van der Waals surface area contributed by atoms with Gasteiger partial charge in [0.25, 0.3) is 0 Å². The molecule has 2 saturated carbocycles. The maximum absolute atomic E-state index is 3.71. The first-order chi connectivity index (χ1) is 5.84. The maximum Gasteiger partial charge on any atom is 0.0156 e. The quantitative estimate of drug-likeness (QED) is 0.658. The monoisotopic (exact) mass is 166 g/mol. The van der Waals surface area contributed by atoms with E-state index in [2.05, 4.69) is 17.3 Å². The number of hydrogen-bond acceptors (Lipinski definition) is 2. The summed E-state index contributed by atoms with van der Waals surface area (Å²) in [6.45, 7) is 3.99. The SMILES string of the molecule is CN1CC2C(C1)C2NCC1CC1. The van der Waals surface area contributed by atoms with Gasteiger partial charge >= 0.3 is 0 Å². The summed E-state index contributed by atoms with van der Waals surface area (Å²) in [6, 6.07) is 0.904. The number of rotatable bonds is 3. The second-order valence-corrected chi connectivity index (χ2v) is 4.93. The second kappa shape index (κ2) is 2.46. The van der Waals surface area contributed by atoms with Gasteiger partial charge in [0.15, 0.2) is 0 Å². The molecule has 0 aromatic heterocycles. The molecule has 3 fully saturated rings. The summed E-state index contributed by atoms with van der Waals surface area (Å²) in [5, 5.41) is 3.71. The van der Waals surface area contributed by atoms with E-state index >= 15 is 0 Å². The Bertz CT molecular complexity index is 176. The van der Waals surface area contributed by atoms with Crippen molar-refractivity contribution in [3.63, 3.8) is 0 Å². The van der Waals surface area contributed by atoms with Gasteiger partial charge in [0.1, 0.15) is 0 Å². The molecule has 12 heavy (non-hydrogen) atoms. The van der Waals surface area contributed by atoms with Crippen molar-refractivity contribution in [3.05, 3.63) is 0 Å². The lowest BCUT2D eigenvalue weighted by Crippen LogP contribution is -2.30. The van der Waals surface area contributed by atoms with Crippen LogP contribution in [0.15, 0.2) is 0 Å². The highest BCUT2D eigenvalue weighted by atomic mass is 15.2. The molecule has 0 spiro atoms. The lowest BCUT2D eigenvalue weighted by atomic mass is 10.3. The molecule has 3 aliphatic rings. The van der Waals surface area contributed by atoms with Crippen molar-refractivity contribution < 1.29 is 0 Å². The summed E-state index contributed by atoms with van der Waals surface area (Å²) in [7, 11) is 2.24. The maximum atomic E-state index is 3.71. The van der Waals surface area contributed by atoms with E-state index in [1.54, 1.807) is 0 Å². The van der Waals surface area contributed by atoms with E-state index in [-0.39, 0.29) is 0 Å². The van der Waals surface area contributed by atoms with Gasteiger partial charge < -0.3 is 10.2 Å². The number of piperidine rings is 1. The van der Waals surface area contributed by atoms with Crippen LogP contribution in [0.4, 0.5) is 0 Å². The Kier molecular flexibility index (Phi) is 1.50. The van der Waals surface area contributed by atoms with Crippen LogP contribution >= 0.6 is 0 Å². The van der Waals surface area contributed by atoms with Crippen LogP contribution in [-0.4, -0.2) is 37.6 Å². The van der Waals surface area contributed by atoms with Gasteiger partial charge in [-0.05, 0) is 44.2 Å². The molecule has 2 atom stereocenters. The van der Waals surface area contributed by atoms with Gasteiger partial charge in [-0.2, -0.15) is 0 Å². The van der Waals surface area contributed by atoms with E-state index in [9.17, 15) is 0 Å². The Labute approximate surface area is 74.3 Å². The molecule has 2 heteroatoms. The van der Waals surface area contributed by atoms with E-state index in [0.29, 0.717) is 0 Å². The fourth-order valence-corrected chi connectivity index (χ4v) is 2.66. The van der Waals surface area contributed by atoms with Crippen molar-refractivity contribution in [1.82, 2.24) is 10.2 Å². The van der Waals surface area contributed by atoms with E-state index in [4.69, 9.17) is 0 Å². The highest BCUT2D eigenvalue weighted by Gasteiger charge is 2.54. The topological polar surface area (TPSA) is 15.3 Å². The molecule has 1 saturated heterocycles. The largest absolute Gasteiger partial charge is 0.313 e. The molecule has 0 aromatic rings. The molecule has 0 radical (unpaired) electrons. The van der Waals surface area contributed by atoms with Gasteiger partial charge in [0, 0.05) is 19.1 Å². The molecule has 2 nitrogen and oxygen atoms in total. The van der Waals surface area contributed by atoms with Crippen molar-refractivity contribution >= 4 is 0 Å². The third-order valence-corrected chi connectivity index (χ3v) is 3.72. The second-order valence-electron chi connectivity index (χ2n) is 4.93. The minimum Gasteiger partial charge on any atom is -0.313 e. The minimum atomic E-state index is 0.904. The number of fused-ring (bicyclic) bond motifs is 1. The highest BCUT2D eigenvalue weighted by Crippen LogP contribution is 2.45. The summed E-state index contributed by atoms with van der Waals surface area (Å²) in [5.41, 5.74) is 0. The standard InChI is InChI=1S/C10H18N2/c1-12-5-8-9(6-12)10(8)11-4-7-2-3-7/h7-11H,2-6H2,1H3. The number of nitrogens with one attached hydrogen (secondary N) is 1. The van der Waals surface area contributed by atoms with Crippen LogP contribution in [0.5, 0.6) is 0 Å².